The van der Waals surface area contributed by atoms with E-state index in [1.54, 1.807) is 7.11 Å². The van der Waals surface area contributed by atoms with Gasteiger partial charge in [-0.15, -0.1) is 0 Å². The topological polar surface area (TPSA) is 56.6 Å². The van der Waals surface area contributed by atoms with Gasteiger partial charge in [0, 0.05) is 24.6 Å². The maximum absolute atomic E-state index is 13.0. The highest BCUT2D eigenvalue weighted by Gasteiger charge is 2.34. The number of methoxy groups -OCH3 is 1. The number of allylic oxidation sites excluding steroid dienone is 1. The summed E-state index contributed by atoms with van der Waals surface area (Å²) in [7, 11) is 1.65. The van der Waals surface area contributed by atoms with E-state index in [1.165, 1.54) is 5.56 Å². The lowest BCUT2D eigenvalue weighted by molar-refractivity contribution is -0.117. The van der Waals surface area contributed by atoms with Crippen molar-refractivity contribution in [1.29, 1.82) is 0 Å². The van der Waals surface area contributed by atoms with Crippen molar-refractivity contribution in [3.8, 4) is 11.5 Å². The summed E-state index contributed by atoms with van der Waals surface area (Å²) in [4.78, 5) is 19.8. The number of aryl methyl sites for hydroxylation is 1. The molecule has 1 saturated heterocycles. The van der Waals surface area contributed by atoms with E-state index in [2.05, 4.69) is 17.6 Å². The summed E-state index contributed by atoms with van der Waals surface area (Å²) in [5.74, 6) is 2.48. The van der Waals surface area contributed by atoms with Crippen LogP contribution in [0.25, 0.3) is 17.1 Å². The number of aromatic nitrogens is 2. The average Bonchev–Trinajstić information content (AvgIpc) is 3.46. The van der Waals surface area contributed by atoms with Gasteiger partial charge in [0.05, 0.1) is 24.7 Å². The number of anilines is 1. The van der Waals surface area contributed by atoms with Crippen LogP contribution in [0.3, 0.4) is 0 Å². The Labute approximate surface area is 211 Å². The smallest absolute Gasteiger partial charge is 0.227 e. The van der Waals surface area contributed by atoms with E-state index in [4.69, 9.17) is 14.5 Å². The summed E-state index contributed by atoms with van der Waals surface area (Å²) in [6, 6.07) is 22.2. The molecule has 0 N–H and O–H groups in total. The summed E-state index contributed by atoms with van der Waals surface area (Å²) in [5, 5.41) is 0. The molecule has 1 fully saturated rings. The van der Waals surface area contributed by atoms with Crippen LogP contribution in [-0.4, -0.2) is 35.7 Å². The predicted molar refractivity (Wildman–Crippen MR) is 144 cm³/mol. The molecule has 3 aromatic carbocycles. The van der Waals surface area contributed by atoms with E-state index in [0.29, 0.717) is 37.6 Å². The number of fused-ring (bicyclic) bond motifs is 1. The molecule has 6 nitrogen and oxygen atoms in total. The molecule has 184 valence electrons. The van der Waals surface area contributed by atoms with Crippen LogP contribution in [0, 0.1) is 6.92 Å². The number of hydrogen-bond donors (Lipinski definition) is 0. The standard InChI is InChI=1S/C30H31N3O3/c1-4-7-22-12-15-27(28(18-22)35-3)36-17-16-32-26-9-6-5-8-25(26)31-30(32)23-19-29(34)33(20-23)24-13-10-21(2)11-14-24/h4-15,18,23H,16-17,19-20H2,1-3H3/b7-4+/t23-/m0/s1. The summed E-state index contributed by atoms with van der Waals surface area (Å²) in [5.41, 5.74) is 5.16. The maximum atomic E-state index is 13.0. The average molecular weight is 482 g/mol. The molecule has 2 heterocycles. The molecule has 1 atom stereocenters. The normalized spacial score (nSPS) is 15.8. The Morgan fingerprint density at radius 1 is 1.06 bits per heavy atom. The first-order valence-corrected chi connectivity index (χ1v) is 12.3. The Morgan fingerprint density at radius 3 is 2.64 bits per heavy atom. The first kappa shape index (κ1) is 23.7. The number of para-hydroxylation sites is 2. The van der Waals surface area contributed by atoms with Gasteiger partial charge in [-0.3, -0.25) is 4.79 Å². The van der Waals surface area contributed by atoms with Crippen molar-refractivity contribution in [2.75, 3.05) is 25.2 Å². The second-order valence-electron chi connectivity index (χ2n) is 9.11. The zero-order chi connectivity index (χ0) is 25.1. The Morgan fingerprint density at radius 2 is 1.86 bits per heavy atom. The zero-order valence-corrected chi connectivity index (χ0v) is 21.0. The number of hydrogen-bond acceptors (Lipinski definition) is 4. The maximum Gasteiger partial charge on any atom is 0.227 e. The molecule has 1 aliphatic rings. The lowest BCUT2D eigenvalue weighted by atomic mass is 10.1. The van der Waals surface area contributed by atoms with Crippen molar-refractivity contribution in [1.82, 2.24) is 9.55 Å². The number of benzene rings is 3. The fourth-order valence-corrected chi connectivity index (χ4v) is 4.84. The highest BCUT2D eigenvalue weighted by Crippen LogP contribution is 2.34. The number of carbonyl (C=O) groups excluding carboxylic acids is 1. The van der Waals surface area contributed by atoms with Gasteiger partial charge < -0.3 is 18.9 Å². The summed E-state index contributed by atoms with van der Waals surface area (Å²) in [6.45, 7) is 5.73. The molecule has 0 bridgehead atoms. The van der Waals surface area contributed by atoms with Crippen LogP contribution >= 0.6 is 0 Å². The number of carbonyl (C=O) groups is 1. The predicted octanol–water partition coefficient (Wildman–Crippen LogP) is 5.99. The Hall–Kier alpha value is -4.06. The van der Waals surface area contributed by atoms with E-state index >= 15 is 0 Å². The second-order valence-corrected chi connectivity index (χ2v) is 9.11. The third-order valence-corrected chi connectivity index (χ3v) is 6.64. The molecule has 1 amide bonds. The number of rotatable bonds is 8. The quantitative estimate of drug-likeness (QED) is 0.310. The van der Waals surface area contributed by atoms with Crippen LogP contribution < -0.4 is 14.4 Å². The van der Waals surface area contributed by atoms with Gasteiger partial charge >= 0.3 is 0 Å². The third kappa shape index (κ3) is 4.71. The lowest BCUT2D eigenvalue weighted by Gasteiger charge is -2.18. The first-order valence-electron chi connectivity index (χ1n) is 12.3. The minimum atomic E-state index is 0.0147. The molecule has 5 rings (SSSR count). The van der Waals surface area contributed by atoms with E-state index in [1.807, 2.05) is 84.6 Å². The van der Waals surface area contributed by atoms with Crippen molar-refractivity contribution in [2.45, 2.75) is 32.7 Å². The van der Waals surface area contributed by atoms with E-state index in [9.17, 15) is 4.79 Å². The van der Waals surface area contributed by atoms with Crippen molar-refractivity contribution < 1.29 is 14.3 Å². The lowest BCUT2D eigenvalue weighted by Crippen LogP contribution is -2.24. The molecule has 0 saturated carbocycles. The molecule has 6 heteroatoms. The monoisotopic (exact) mass is 481 g/mol. The highest BCUT2D eigenvalue weighted by molar-refractivity contribution is 5.96. The van der Waals surface area contributed by atoms with E-state index in [-0.39, 0.29) is 11.8 Å². The first-order chi connectivity index (χ1) is 17.6. The molecular weight excluding hydrogens is 450 g/mol. The fraction of sp³-hybridized carbons (Fsp3) is 0.267. The highest BCUT2D eigenvalue weighted by atomic mass is 16.5. The molecule has 1 aliphatic heterocycles. The minimum Gasteiger partial charge on any atom is -0.493 e. The molecule has 4 aromatic rings. The Balaban J connectivity index is 1.38. The number of nitrogens with zero attached hydrogens (tertiary/aromatic N) is 3. The Kier molecular flexibility index (Phi) is 6.76. The molecule has 0 aliphatic carbocycles. The summed E-state index contributed by atoms with van der Waals surface area (Å²) in [6.07, 6.45) is 4.46. The SMILES string of the molecule is C/C=C/c1ccc(OCCn2c([C@H]3CC(=O)N(c4ccc(C)cc4)C3)nc3ccccc32)c(OC)c1. The van der Waals surface area contributed by atoms with Crippen LogP contribution in [0.4, 0.5) is 5.69 Å². The van der Waals surface area contributed by atoms with Gasteiger partial charge in [-0.2, -0.15) is 0 Å². The summed E-state index contributed by atoms with van der Waals surface area (Å²) >= 11 is 0. The van der Waals surface area contributed by atoms with Gasteiger partial charge in [0.15, 0.2) is 11.5 Å². The van der Waals surface area contributed by atoms with Gasteiger partial charge in [0.2, 0.25) is 5.91 Å². The molecule has 0 radical (unpaired) electrons. The Bertz CT molecular complexity index is 1400. The van der Waals surface area contributed by atoms with Gasteiger partial charge in [-0.1, -0.05) is 48.0 Å². The van der Waals surface area contributed by atoms with Gasteiger partial charge in [-0.25, -0.2) is 4.98 Å². The molecular formula is C30H31N3O3. The van der Waals surface area contributed by atoms with Gasteiger partial charge in [0.25, 0.3) is 0 Å². The number of imidazole rings is 1. The van der Waals surface area contributed by atoms with Crippen molar-refractivity contribution in [3.63, 3.8) is 0 Å². The minimum absolute atomic E-state index is 0.0147. The van der Waals surface area contributed by atoms with Crippen molar-refractivity contribution in [2.24, 2.45) is 0 Å². The van der Waals surface area contributed by atoms with Gasteiger partial charge in [0.1, 0.15) is 12.4 Å². The van der Waals surface area contributed by atoms with Crippen LogP contribution in [0.5, 0.6) is 11.5 Å². The van der Waals surface area contributed by atoms with E-state index in [0.717, 1.165) is 28.1 Å². The van der Waals surface area contributed by atoms with Crippen LogP contribution in [0.2, 0.25) is 0 Å². The molecule has 0 unspecified atom stereocenters. The second kappa shape index (κ2) is 10.3. The van der Waals surface area contributed by atoms with Gasteiger partial charge in [-0.05, 0) is 55.8 Å². The van der Waals surface area contributed by atoms with Crippen LogP contribution in [0.1, 0.15) is 36.2 Å². The molecule has 0 spiro atoms. The van der Waals surface area contributed by atoms with Crippen LogP contribution in [0.15, 0.2) is 72.8 Å². The zero-order valence-electron chi connectivity index (χ0n) is 21.0. The largest absolute Gasteiger partial charge is 0.493 e. The fourth-order valence-electron chi connectivity index (χ4n) is 4.84. The van der Waals surface area contributed by atoms with E-state index < -0.39 is 0 Å². The van der Waals surface area contributed by atoms with Crippen LogP contribution in [-0.2, 0) is 11.3 Å². The number of amides is 1. The van der Waals surface area contributed by atoms with Crippen molar-refractivity contribution >= 4 is 28.7 Å². The summed E-state index contributed by atoms with van der Waals surface area (Å²) < 4.78 is 13.9. The molecule has 1 aromatic heterocycles. The van der Waals surface area contributed by atoms with Crippen molar-refractivity contribution in [3.05, 3.63) is 89.8 Å². The number of ether oxygens (including phenoxy) is 2. The molecule has 36 heavy (non-hydrogen) atoms. The third-order valence-electron chi connectivity index (χ3n) is 6.64.